The first-order valence-electron chi connectivity index (χ1n) is 5.65. The number of hydrogen-bond donors (Lipinski definition) is 1. The van der Waals surface area contributed by atoms with E-state index in [9.17, 15) is 0 Å². The highest BCUT2D eigenvalue weighted by Gasteiger charge is 2.20. The van der Waals surface area contributed by atoms with E-state index < -0.39 is 0 Å². The van der Waals surface area contributed by atoms with Gasteiger partial charge in [-0.1, -0.05) is 12.8 Å². The van der Waals surface area contributed by atoms with E-state index in [4.69, 9.17) is 4.74 Å². The molecule has 1 aliphatic rings. The van der Waals surface area contributed by atoms with Gasteiger partial charge in [-0.2, -0.15) is 0 Å². The Labute approximate surface area is 82.0 Å². The van der Waals surface area contributed by atoms with Crippen molar-refractivity contribution in [1.82, 2.24) is 5.32 Å². The van der Waals surface area contributed by atoms with Crippen molar-refractivity contribution in [2.45, 2.75) is 45.6 Å². The molecule has 2 heteroatoms. The summed E-state index contributed by atoms with van der Waals surface area (Å²) in [6, 6.07) is 0.683. The molecule has 78 valence electrons. The molecule has 1 saturated carbocycles. The fraction of sp³-hybridized carbons (Fsp3) is 1.00. The molecule has 0 aliphatic heterocycles. The maximum Gasteiger partial charge on any atom is 0.0590 e. The molecule has 1 atom stereocenters. The van der Waals surface area contributed by atoms with Gasteiger partial charge in [0.2, 0.25) is 0 Å². The first-order valence-corrected chi connectivity index (χ1v) is 5.65. The minimum atomic E-state index is 0.683. The molecule has 0 aromatic rings. The normalized spacial score (nSPS) is 20.8. The molecule has 1 unspecified atom stereocenters. The first kappa shape index (κ1) is 11.0. The standard InChI is InChI=1S/C11H23NO/c1-3-13-9-8-12-10(2)11-6-4-5-7-11/h10-12H,3-9H2,1-2H3. The summed E-state index contributed by atoms with van der Waals surface area (Å²) in [5.74, 6) is 0.918. The lowest BCUT2D eigenvalue weighted by atomic mass is 10.00. The van der Waals surface area contributed by atoms with Gasteiger partial charge >= 0.3 is 0 Å². The fourth-order valence-corrected chi connectivity index (χ4v) is 2.13. The highest BCUT2D eigenvalue weighted by Crippen LogP contribution is 2.27. The minimum absolute atomic E-state index is 0.683. The molecular weight excluding hydrogens is 162 g/mol. The zero-order valence-electron chi connectivity index (χ0n) is 9.01. The van der Waals surface area contributed by atoms with Crippen LogP contribution in [0.1, 0.15) is 39.5 Å². The van der Waals surface area contributed by atoms with E-state index >= 15 is 0 Å². The lowest BCUT2D eigenvalue weighted by Gasteiger charge is -2.20. The molecule has 0 heterocycles. The third kappa shape index (κ3) is 4.10. The smallest absolute Gasteiger partial charge is 0.0590 e. The van der Waals surface area contributed by atoms with Crippen LogP contribution in [0.2, 0.25) is 0 Å². The summed E-state index contributed by atoms with van der Waals surface area (Å²) in [5.41, 5.74) is 0. The Balaban J connectivity index is 1.99. The number of hydrogen-bond acceptors (Lipinski definition) is 2. The summed E-state index contributed by atoms with van der Waals surface area (Å²) < 4.78 is 5.28. The molecule has 2 nitrogen and oxygen atoms in total. The van der Waals surface area contributed by atoms with Crippen LogP contribution in [0.15, 0.2) is 0 Å². The minimum Gasteiger partial charge on any atom is -0.380 e. The predicted molar refractivity (Wildman–Crippen MR) is 55.9 cm³/mol. The second-order valence-corrected chi connectivity index (χ2v) is 3.98. The van der Waals surface area contributed by atoms with Crippen LogP contribution in [0.25, 0.3) is 0 Å². The summed E-state index contributed by atoms with van der Waals surface area (Å²) in [4.78, 5) is 0. The molecule has 1 fully saturated rings. The van der Waals surface area contributed by atoms with E-state index in [1.54, 1.807) is 0 Å². The summed E-state index contributed by atoms with van der Waals surface area (Å²) in [7, 11) is 0. The molecule has 1 rings (SSSR count). The van der Waals surface area contributed by atoms with Gasteiger partial charge in [-0.3, -0.25) is 0 Å². The maximum absolute atomic E-state index is 5.28. The quantitative estimate of drug-likeness (QED) is 0.640. The van der Waals surface area contributed by atoms with Crippen LogP contribution >= 0.6 is 0 Å². The van der Waals surface area contributed by atoms with Crippen molar-refractivity contribution in [2.24, 2.45) is 5.92 Å². The van der Waals surface area contributed by atoms with Crippen molar-refractivity contribution in [3.8, 4) is 0 Å². The lowest BCUT2D eigenvalue weighted by Crippen LogP contribution is -2.34. The molecule has 0 aromatic carbocycles. The molecule has 0 amide bonds. The van der Waals surface area contributed by atoms with Gasteiger partial charge in [0.1, 0.15) is 0 Å². The summed E-state index contributed by atoms with van der Waals surface area (Å²) in [5, 5.41) is 3.53. The van der Waals surface area contributed by atoms with Crippen LogP contribution in [0, 0.1) is 5.92 Å². The summed E-state index contributed by atoms with van der Waals surface area (Å²) >= 11 is 0. The molecular formula is C11H23NO. The Hall–Kier alpha value is -0.0800. The van der Waals surface area contributed by atoms with E-state index in [0.29, 0.717) is 6.04 Å². The Morgan fingerprint density at radius 3 is 2.69 bits per heavy atom. The topological polar surface area (TPSA) is 21.3 Å². The van der Waals surface area contributed by atoms with Crippen molar-refractivity contribution in [2.75, 3.05) is 19.8 Å². The Morgan fingerprint density at radius 1 is 1.38 bits per heavy atom. The average Bonchev–Trinajstić information content (AvgIpc) is 2.65. The molecule has 0 spiro atoms. The molecule has 1 aliphatic carbocycles. The molecule has 0 aromatic heterocycles. The van der Waals surface area contributed by atoms with Gasteiger partial charge in [-0.15, -0.1) is 0 Å². The third-order valence-electron chi connectivity index (χ3n) is 3.02. The second-order valence-electron chi connectivity index (χ2n) is 3.98. The highest BCUT2D eigenvalue weighted by molar-refractivity contribution is 4.76. The van der Waals surface area contributed by atoms with E-state index in [1.165, 1.54) is 25.7 Å². The van der Waals surface area contributed by atoms with Crippen LogP contribution in [0.4, 0.5) is 0 Å². The largest absolute Gasteiger partial charge is 0.380 e. The van der Waals surface area contributed by atoms with E-state index in [2.05, 4.69) is 12.2 Å². The van der Waals surface area contributed by atoms with E-state index in [0.717, 1.165) is 25.7 Å². The maximum atomic E-state index is 5.28. The van der Waals surface area contributed by atoms with Crippen LogP contribution in [0.3, 0.4) is 0 Å². The molecule has 1 N–H and O–H groups in total. The van der Waals surface area contributed by atoms with Gasteiger partial charge in [0, 0.05) is 19.2 Å². The highest BCUT2D eigenvalue weighted by atomic mass is 16.5. The number of ether oxygens (including phenoxy) is 1. The number of nitrogens with one attached hydrogen (secondary N) is 1. The molecule has 0 saturated heterocycles. The molecule has 0 radical (unpaired) electrons. The van der Waals surface area contributed by atoms with Crippen molar-refractivity contribution < 1.29 is 4.74 Å². The van der Waals surface area contributed by atoms with Crippen LogP contribution in [0.5, 0.6) is 0 Å². The van der Waals surface area contributed by atoms with Crippen molar-refractivity contribution in [3.63, 3.8) is 0 Å². The Morgan fingerprint density at radius 2 is 2.08 bits per heavy atom. The SMILES string of the molecule is CCOCCNC(C)C1CCCC1. The molecule has 13 heavy (non-hydrogen) atoms. The Bertz CT molecular complexity index is 121. The van der Waals surface area contributed by atoms with Crippen molar-refractivity contribution in [1.29, 1.82) is 0 Å². The van der Waals surface area contributed by atoms with Gasteiger partial charge in [-0.05, 0) is 32.6 Å². The predicted octanol–water partition coefficient (Wildman–Crippen LogP) is 2.19. The first-order chi connectivity index (χ1) is 6.34. The number of rotatable bonds is 6. The van der Waals surface area contributed by atoms with Gasteiger partial charge in [0.15, 0.2) is 0 Å². The van der Waals surface area contributed by atoms with E-state index in [-0.39, 0.29) is 0 Å². The monoisotopic (exact) mass is 185 g/mol. The zero-order valence-corrected chi connectivity index (χ0v) is 9.01. The average molecular weight is 185 g/mol. The van der Waals surface area contributed by atoms with Gasteiger partial charge < -0.3 is 10.1 Å². The van der Waals surface area contributed by atoms with Crippen molar-refractivity contribution >= 4 is 0 Å². The van der Waals surface area contributed by atoms with Gasteiger partial charge in [0.05, 0.1) is 6.61 Å². The van der Waals surface area contributed by atoms with Crippen molar-refractivity contribution in [3.05, 3.63) is 0 Å². The molecule has 0 bridgehead atoms. The lowest BCUT2D eigenvalue weighted by molar-refractivity contribution is 0.145. The Kier molecular flexibility index (Phi) is 5.40. The fourth-order valence-electron chi connectivity index (χ4n) is 2.13. The van der Waals surface area contributed by atoms with Gasteiger partial charge in [0.25, 0.3) is 0 Å². The van der Waals surface area contributed by atoms with Crippen LogP contribution < -0.4 is 5.32 Å². The van der Waals surface area contributed by atoms with Crippen LogP contribution in [-0.4, -0.2) is 25.8 Å². The summed E-state index contributed by atoms with van der Waals surface area (Å²) in [6.07, 6.45) is 5.70. The second kappa shape index (κ2) is 6.39. The van der Waals surface area contributed by atoms with Crippen LogP contribution in [-0.2, 0) is 4.74 Å². The van der Waals surface area contributed by atoms with Gasteiger partial charge in [-0.25, -0.2) is 0 Å². The zero-order chi connectivity index (χ0) is 9.52. The third-order valence-corrected chi connectivity index (χ3v) is 3.02. The van der Waals surface area contributed by atoms with E-state index in [1.807, 2.05) is 6.92 Å². The summed E-state index contributed by atoms with van der Waals surface area (Å²) in [6.45, 7) is 7.04.